The molecule has 2 aromatic carbocycles. The first-order valence-electron chi connectivity index (χ1n) is 9.19. The van der Waals surface area contributed by atoms with Gasteiger partial charge in [0.15, 0.2) is 0 Å². The van der Waals surface area contributed by atoms with Gasteiger partial charge in [0.25, 0.3) is 0 Å². The second-order valence-corrected chi connectivity index (χ2v) is 7.84. The summed E-state index contributed by atoms with van der Waals surface area (Å²) in [5, 5.41) is 2.90. The maximum atomic E-state index is 12.3. The Morgan fingerprint density at radius 1 is 1.04 bits per heavy atom. The zero-order valence-corrected chi connectivity index (χ0v) is 16.1. The van der Waals surface area contributed by atoms with Crippen LogP contribution >= 0.6 is 11.8 Å². The van der Waals surface area contributed by atoms with E-state index in [1.165, 1.54) is 0 Å². The van der Waals surface area contributed by atoms with Crippen LogP contribution in [0, 0.1) is 0 Å². The van der Waals surface area contributed by atoms with Crippen molar-refractivity contribution in [2.24, 2.45) is 0 Å². The Balaban J connectivity index is 1.47. The number of para-hydroxylation sites is 1. The van der Waals surface area contributed by atoms with E-state index in [2.05, 4.69) is 5.32 Å². The summed E-state index contributed by atoms with van der Waals surface area (Å²) in [6.45, 7) is 1.67. The molecule has 0 spiro atoms. The van der Waals surface area contributed by atoms with Crippen LogP contribution in [0.15, 0.2) is 48.5 Å². The van der Waals surface area contributed by atoms with Gasteiger partial charge in [0.1, 0.15) is 0 Å². The minimum absolute atomic E-state index is 0.0482. The smallest absolute Gasteiger partial charge is 0.227 e. The van der Waals surface area contributed by atoms with E-state index in [1.807, 2.05) is 65.2 Å². The first kappa shape index (κ1) is 19.3. The summed E-state index contributed by atoms with van der Waals surface area (Å²) in [4.78, 5) is 26.4. The number of carbonyl (C=O) groups is 2. The monoisotopic (exact) mass is 383 g/mol. The van der Waals surface area contributed by atoms with E-state index in [4.69, 9.17) is 5.73 Å². The fraction of sp³-hybridized carbons (Fsp3) is 0.333. The Kier molecular flexibility index (Phi) is 6.76. The van der Waals surface area contributed by atoms with Crippen molar-refractivity contribution >= 4 is 35.0 Å². The summed E-state index contributed by atoms with van der Waals surface area (Å²) in [5.41, 5.74) is 9.31. The molecule has 2 aromatic rings. The standard InChI is InChI=1S/C21H25N3O2S/c22-19-4-2-1-3-17(19)7-10-20(25)23-18-8-5-16(6-9-18)15-21(26)24-11-13-27-14-12-24/h1-6,8-9H,7,10-15,22H2,(H,23,25). The molecule has 3 rings (SSSR count). The molecule has 1 aliphatic heterocycles. The fourth-order valence-electron chi connectivity index (χ4n) is 3.04. The number of nitrogens with one attached hydrogen (secondary N) is 1. The molecule has 27 heavy (non-hydrogen) atoms. The summed E-state index contributed by atoms with van der Waals surface area (Å²) in [7, 11) is 0. The van der Waals surface area contributed by atoms with Crippen LogP contribution in [0.25, 0.3) is 0 Å². The lowest BCUT2D eigenvalue weighted by atomic mass is 10.1. The molecule has 5 nitrogen and oxygen atoms in total. The molecule has 0 radical (unpaired) electrons. The largest absolute Gasteiger partial charge is 0.399 e. The van der Waals surface area contributed by atoms with Gasteiger partial charge in [-0.2, -0.15) is 11.8 Å². The third-order valence-corrected chi connectivity index (χ3v) is 5.58. The van der Waals surface area contributed by atoms with Crippen LogP contribution in [-0.2, 0) is 22.4 Å². The van der Waals surface area contributed by atoms with Gasteiger partial charge in [-0.15, -0.1) is 0 Å². The van der Waals surface area contributed by atoms with Crippen molar-refractivity contribution in [3.63, 3.8) is 0 Å². The first-order valence-corrected chi connectivity index (χ1v) is 10.3. The zero-order chi connectivity index (χ0) is 19.1. The van der Waals surface area contributed by atoms with Crippen LogP contribution < -0.4 is 11.1 Å². The molecule has 0 saturated carbocycles. The van der Waals surface area contributed by atoms with Crippen molar-refractivity contribution < 1.29 is 9.59 Å². The number of amides is 2. The average Bonchev–Trinajstić information content (AvgIpc) is 2.69. The minimum Gasteiger partial charge on any atom is -0.399 e. The Morgan fingerprint density at radius 3 is 2.44 bits per heavy atom. The molecular weight excluding hydrogens is 358 g/mol. The molecule has 1 aliphatic rings. The number of anilines is 2. The zero-order valence-electron chi connectivity index (χ0n) is 15.3. The van der Waals surface area contributed by atoms with Crippen LogP contribution in [0.1, 0.15) is 17.5 Å². The van der Waals surface area contributed by atoms with E-state index < -0.39 is 0 Å². The van der Waals surface area contributed by atoms with Gasteiger partial charge < -0.3 is 16.0 Å². The van der Waals surface area contributed by atoms with E-state index in [1.54, 1.807) is 0 Å². The second-order valence-electron chi connectivity index (χ2n) is 6.61. The van der Waals surface area contributed by atoms with E-state index in [9.17, 15) is 9.59 Å². The van der Waals surface area contributed by atoms with Gasteiger partial charge >= 0.3 is 0 Å². The molecule has 1 saturated heterocycles. The van der Waals surface area contributed by atoms with Gasteiger partial charge in [0, 0.05) is 42.4 Å². The van der Waals surface area contributed by atoms with E-state index in [-0.39, 0.29) is 11.8 Å². The highest BCUT2D eigenvalue weighted by Crippen LogP contribution is 2.16. The summed E-state index contributed by atoms with van der Waals surface area (Å²) < 4.78 is 0. The number of thioether (sulfide) groups is 1. The summed E-state index contributed by atoms with van der Waals surface area (Å²) in [6, 6.07) is 15.1. The maximum Gasteiger partial charge on any atom is 0.227 e. The third-order valence-electron chi connectivity index (χ3n) is 4.63. The van der Waals surface area contributed by atoms with Crippen molar-refractivity contribution in [3.05, 3.63) is 59.7 Å². The Hall–Kier alpha value is -2.47. The van der Waals surface area contributed by atoms with Crippen molar-refractivity contribution in [3.8, 4) is 0 Å². The van der Waals surface area contributed by atoms with E-state index >= 15 is 0 Å². The molecule has 1 heterocycles. The highest BCUT2D eigenvalue weighted by Gasteiger charge is 2.16. The molecule has 0 atom stereocenters. The van der Waals surface area contributed by atoms with Gasteiger partial charge in [0.05, 0.1) is 6.42 Å². The number of rotatable bonds is 6. The number of aryl methyl sites for hydroxylation is 1. The molecule has 3 N–H and O–H groups in total. The Labute approximate surface area is 164 Å². The van der Waals surface area contributed by atoms with Crippen molar-refractivity contribution in [1.82, 2.24) is 4.90 Å². The van der Waals surface area contributed by atoms with Crippen LogP contribution in [0.2, 0.25) is 0 Å². The Morgan fingerprint density at radius 2 is 1.74 bits per heavy atom. The molecule has 0 unspecified atom stereocenters. The lowest BCUT2D eigenvalue weighted by Crippen LogP contribution is -2.38. The topological polar surface area (TPSA) is 75.4 Å². The third kappa shape index (κ3) is 5.76. The Bertz CT molecular complexity index is 786. The van der Waals surface area contributed by atoms with Gasteiger partial charge in [-0.3, -0.25) is 9.59 Å². The highest BCUT2D eigenvalue weighted by atomic mass is 32.2. The number of hydrogen-bond acceptors (Lipinski definition) is 4. The van der Waals surface area contributed by atoms with Crippen LogP contribution in [0.3, 0.4) is 0 Å². The van der Waals surface area contributed by atoms with Gasteiger partial charge in [-0.1, -0.05) is 30.3 Å². The number of nitrogens with zero attached hydrogens (tertiary/aromatic N) is 1. The highest BCUT2D eigenvalue weighted by molar-refractivity contribution is 7.99. The molecular formula is C21H25N3O2S. The van der Waals surface area contributed by atoms with Gasteiger partial charge in [0.2, 0.25) is 11.8 Å². The molecule has 0 bridgehead atoms. The van der Waals surface area contributed by atoms with Crippen LogP contribution in [-0.4, -0.2) is 41.3 Å². The quantitative estimate of drug-likeness (QED) is 0.752. The fourth-order valence-corrected chi connectivity index (χ4v) is 3.94. The molecule has 6 heteroatoms. The van der Waals surface area contributed by atoms with Crippen LogP contribution in [0.5, 0.6) is 0 Å². The van der Waals surface area contributed by atoms with Crippen LogP contribution in [0.4, 0.5) is 11.4 Å². The number of nitrogen functional groups attached to an aromatic ring is 1. The van der Waals surface area contributed by atoms with Crippen molar-refractivity contribution in [2.75, 3.05) is 35.6 Å². The molecule has 0 aromatic heterocycles. The molecule has 1 fully saturated rings. The lowest BCUT2D eigenvalue weighted by molar-refractivity contribution is -0.130. The maximum absolute atomic E-state index is 12.3. The van der Waals surface area contributed by atoms with E-state index in [0.717, 1.165) is 41.4 Å². The van der Waals surface area contributed by atoms with Gasteiger partial charge in [-0.25, -0.2) is 0 Å². The average molecular weight is 384 g/mol. The number of carbonyl (C=O) groups excluding carboxylic acids is 2. The first-order chi connectivity index (χ1) is 13.1. The summed E-state index contributed by atoms with van der Waals surface area (Å²) in [5.74, 6) is 2.16. The number of benzene rings is 2. The summed E-state index contributed by atoms with van der Waals surface area (Å²) in [6.07, 6.45) is 1.40. The van der Waals surface area contributed by atoms with Gasteiger partial charge in [-0.05, 0) is 35.7 Å². The number of nitrogens with two attached hydrogens (primary N) is 1. The SMILES string of the molecule is Nc1ccccc1CCC(=O)Nc1ccc(CC(=O)N2CCSCC2)cc1. The predicted octanol–water partition coefficient (Wildman–Crippen LogP) is 2.96. The molecule has 142 valence electrons. The normalized spacial score (nSPS) is 14.0. The second kappa shape index (κ2) is 9.46. The minimum atomic E-state index is -0.0482. The predicted molar refractivity (Wildman–Crippen MR) is 112 cm³/mol. The number of hydrogen-bond donors (Lipinski definition) is 2. The molecule has 0 aliphatic carbocycles. The van der Waals surface area contributed by atoms with Crippen molar-refractivity contribution in [2.45, 2.75) is 19.3 Å². The lowest BCUT2D eigenvalue weighted by Gasteiger charge is -2.26. The van der Waals surface area contributed by atoms with E-state index in [0.29, 0.717) is 24.9 Å². The van der Waals surface area contributed by atoms with Crippen molar-refractivity contribution in [1.29, 1.82) is 0 Å². The molecule has 2 amide bonds. The summed E-state index contributed by atoms with van der Waals surface area (Å²) >= 11 is 1.89.